The number of thioether (sulfide) groups is 1. The number of thiophene rings is 1. The van der Waals surface area contributed by atoms with E-state index in [1.165, 1.54) is 4.21 Å². The van der Waals surface area contributed by atoms with Gasteiger partial charge in [0.2, 0.25) is 0 Å². The maximum Gasteiger partial charge on any atom is 0.264 e. The average Bonchev–Trinajstić information content (AvgIpc) is 3.06. The number of amides is 1. The van der Waals surface area contributed by atoms with Crippen LogP contribution in [0.3, 0.4) is 0 Å². The molecule has 0 spiro atoms. The molecule has 1 aliphatic rings. The Morgan fingerprint density at radius 2 is 2.29 bits per heavy atom. The Labute approximate surface area is 132 Å². The third-order valence-corrected chi connectivity index (χ3v) is 5.74. The molecule has 2 aromatic rings. The molecule has 0 fully saturated rings. The predicted octanol–water partition coefficient (Wildman–Crippen LogP) is 2.98. The number of aromatic nitrogens is 3. The van der Waals surface area contributed by atoms with E-state index in [-0.39, 0.29) is 11.9 Å². The molecule has 112 valence electrons. The summed E-state index contributed by atoms with van der Waals surface area (Å²) in [7, 11) is 0. The summed E-state index contributed by atoms with van der Waals surface area (Å²) in [6.07, 6.45) is 0. The molecular weight excluding hydrogens is 304 g/mol. The Morgan fingerprint density at radius 3 is 3.05 bits per heavy atom. The lowest BCUT2D eigenvalue weighted by Crippen LogP contribution is -2.40. The molecule has 0 N–H and O–H groups in total. The molecule has 21 heavy (non-hydrogen) atoms. The van der Waals surface area contributed by atoms with Gasteiger partial charge < -0.3 is 9.47 Å². The molecule has 0 aliphatic carbocycles. The molecule has 0 aromatic carbocycles. The van der Waals surface area contributed by atoms with Crippen molar-refractivity contribution < 1.29 is 4.79 Å². The van der Waals surface area contributed by atoms with Gasteiger partial charge in [0.15, 0.2) is 5.82 Å². The van der Waals surface area contributed by atoms with Gasteiger partial charge in [-0.15, -0.1) is 33.3 Å². The summed E-state index contributed by atoms with van der Waals surface area (Å²) in [5, 5.41) is 8.30. The maximum atomic E-state index is 12.6. The van der Waals surface area contributed by atoms with Gasteiger partial charge in [-0.25, -0.2) is 0 Å². The largest absolute Gasteiger partial charge is 0.328 e. The van der Waals surface area contributed by atoms with Crippen LogP contribution in [-0.4, -0.2) is 37.9 Å². The van der Waals surface area contributed by atoms with Gasteiger partial charge in [0.25, 0.3) is 5.91 Å². The Morgan fingerprint density at radius 1 is 1.48 bits per heavy atom. The van der Waals surface area contributed by atoms with Crippen LogP contribution in [0.25, 0.3) is 0 Å². The number of rotatable bonds is 3. The van der Waals surface area contributed by atoms with E-state index in [0.29, 0.717) is 13.1 Å². The fraction of sp³-hybridized carbons (Fsp3) is 0.500. The highest BCUT2D eigenvalue weighted by molar-refractivity contribution is 8.01. The van der Waals surface area contributed by atoms with Crippen molar-refractivity contribution in [3.8, 4) is 0 Å². The lowest BCUT2D eigenvalue weighted by Gasteiger charge is -2.32. The van der Waals surface area contributed by atoms with Crippen molar-refractivity contribution in [2.24, 2.45) is 0 Å². The van der Waals surface area contributed by atoms with Crippen molar-refractivity contribution in [2.75, 3.05) is 12.3 Å². The van der Waals surface area contributed by atoms with Crippen LogP contribution in [0.4, 0.5) is 0 Å². The van der Waals surface area contributed by atoms with Crippen LogP contribution in [-0.2, 0) is 6.54 Å². The molecule has 2 aromatic heterocycles. The van der Waals surface area contributed by atoms with Crippen LogP contribution in [0.1, 0.15) is 41.2 Å². The van der Waals surface area contributed by atoms with E-state index in [9.17, 15) is 4.79 Å². The quantitative estimate of drug-likeness (QED) is 0.815. The Balaban J connectivity index is 1.80. The Hall–Kier alpha value is -1.34. The molecule has 3 heterocycles. The molecule has 3 rings (SSSR count). The number of nitrogens with zero attached hydrogens (tertiary/aromatic N) is 4. The van der Waals surface area contributed by atoms with E-state index in [2.05, 4.69) is 28.6 Å². The number of aryl methyl sites for hydroxylation is 1. The SMILES string of the molecule is CCSc1ccc(C(=O)N2Cc3nnc(C)n3[C@@H](C)C2)s1. The minimum atomic E-state index is 0.0988. The molecular formula is C14H18N4OS2. The summed E-state index contributed by atoms with van der Waals surface area (Å²) >= 11 is 3.35. The summed E-state index contributed by atoms with van der Waals surface area (Å²) in [4.78, 5) is 15.3. The predicted molar refractivity (Wildman–Crippen MR) is 84.9 cm³/mol. The summed E-state index contributed by atoms with van der Waals surface area (Å²) in [5.74, 6) is 2.92. The third kappa shape index (κ3) is 2.72. The van der Waals surface area contributed by atoms with Crippen molar-refractivity contribution in [3.05, 3.63) is 28.7 Å². The Kier molecular flexibility index (Phi) is 4.03. The monoisotopic (exact) mass is 322 g/mol. The van der Waals surface area contributed by atoms with Crippen LogP contribution >= 0.6 is 23.1 Å². The Bertz CT molecular complexity index is 664. The highest BCUT2D eigenvalue weighted by atomic mass is 32.2. The fourth-order valence-electron chi connectivity index (χ4n) is 2.70. The summed E-state index contributed by atoms with van der Waals surface area (Å²) in [5.41, 5.74) is 0. The zero-order chi connectivity index (χ0) is 15.0. The van der Waals surface area contributed by atoms with Crippen LogP contribution in [0.15, 0.2) is 16.3 Å². The molecule has 0 unspecified atom stereocenters. The summed E-state index contributed by atoms with van der Waals surface area (Å²) in [6.45, 7) is 7.43. The van der Waals surface area contributed by atoms with Gasteiger partial charge >= 0.3 is 0 Å². The molecule has 1 atom stereocenters. The summed E-state index contributed by atoms with van der Waals surface area (Å²) in [6, 6.07) is 4.18. The lowest BCUT2D eigenvalue weighted by atomic mass is 10.2. The molecule has 5 nitrogen and oxygen atoms in total. The van der Waals surface area contributed by atoms with Gasteiger partial charge in [0.05, 0.1) is 21.7 Å². The van der Waals surface area contributed by atoms with E-state index >= 15 is 0 Å². The highest BCUT2D eigenvalue weighted by Gasteiger charge is 2.29. The van der Waals surface area contributed by atoms with E-state index in [1.807, 2.05) is 24.0 Å². The first-order valence-electron chi connectivity index (χ1n) is 7.02. The molecule has 7 heteroatoms. The first kappa shape index (κ1) is 14.6. The zero-order valence-corrected chi connectivity index (χ0v) is 14.0. The fourth-order valence-corrected chi connectivity index (χ4v) is 4.71. The molecule has 0 saturated heterocycles. The minimum Gasteiger partial charge on any atom is -0.328 e. The normalized spacial score (nSPS) is 17.9. The molecule has 1 aliphatic heterocycles. The van der Waals surface area contributed by atoms with Crippen LogP contribution < -0.4 is 0 Å². The summed E-state index contributed by atoms with van der Waals surface area (Å²) < 4.78 is 3.32. The first-order chi connectivity index (χ1) is 10.1. The van der Waals surface area contributed by atoms with E-state index in [0.717, 1.165) is 22.3 Å². The standard InChI is InChI=1S/C14H18N4OS2/c1-4-20-13-6-5-11(21-13)14(19)17-7-9(2)18-10(3)15-16-12(18)8-17/h5-6,9H,4,7-8H2,1-3H3/t9-/m0/s1. The van der Waals surface area contributed by atoms with Gasteiger partial charge in [-0.1, -0.05) is 6.92 Å². The van der Waals surface area contributed by atoms with Gasteiger partial charge in [0, 0.05) is 6.54 Å². The molecule has 0 bridgehead atoms. The van der Waals surface area contributed by atoms with Crippen LogP contribution in [0.2, 0.25) is 0 Å². The average molecular weight is 322 g/mol. The maximum absolute atomic E-state index is 12.6. The highest BCUT2D eigenvalue weighted by Crippen LogP contribution is 2.29. The van der Waals surface area contributed by atoms with E-state index in [1.54, 1.807) is 23.1 Å². The van der Waals surface area contributed by atoms with Crippen molar-refractivity contribution in [3.63, 3.8) is 0 Å². The third-order valence-electron chi connectivity index (χ3n) is 3.56. The molecule has 0 saturated carbocycles. The second kappa shape index (κ2) is 5.81. The minimum absolute atomic E-state index is 0.0988. The smallest absolute Gasteiger partial charge is 0.264 e. The van der Waals surface area contributed by atoms with Crippen LogP contribution in [0.5, 0.6) is 0 Å². The number of carbonyl (C=O) groups is 1. The van der Waals surface area contributed by atoms with E-state index in [4.69, 9.17) is 0 Å². The van der Waals surface area contributed by atoms with Gasteiger partial charge in [-0.3, -0.25) is 4.79 Å². The van der Waals surface area contributed by atoms with Gasteiger partial charge in [-0.05, 0) is 31.7 Å². The first-order valence-corrected chi connectivity index (χ1v) is 8.82. The van der Waals surface area contributed by atoms with Crippen molar-refractivity contribution in [1.29, 1.82) is 0 Å². The second-order valence-electron chi connectivity index (χ2n) is 5.12. The lowest BCUT2D eigenvalue weighted by molar-refractivity contribution is 0.0685. The zero-order valence-electron chi connectivity index (χ0n) is 12.4. The molecule has 1 amide bonds. The van der Waals surface area contributed by atoms with Crippen molar-refractivity contribution in [1.82, 2.24) is 19.7 Å². The van der Waals surface area contributed by atoms with Crippen molar-refractivity contribution in [2.45, 2.75) is 37.6 Å². The van der Waals surface area contributed by atoms with Crippen LogP contribution in [0, 0.1) is 6.92 Å². The van der Waals surface area contributed by atoms with Crippen molar-refractivity contribution >= 4 is 29.0 Å². The van der Waals surface area contributed by atoms with E-state index < -0.39 is 0 Å². The topological polar surface area (TPSA) is 51.0 Å². The van der Waals surface area contributed by atoms with Gasteiger partial charge in [-0.2, -0.15) is 0 Å². The number of hydrogen-bond donors (Lipinski definition) is 0. The second-order valence-corrected chi connectivity index (χ2v) is 7.77. The number of carbonyl (C=O) groups excluding carboxylic acids is 1. The number of fused-ring (bicyclic) bond motifs is 1. The molecule has 0 radical (unpaired) electrons. The number of hydrogen-bond acceptors (Lipinski definition) is 5. The van der Waals surface area contributed by atoms with Gasteiger partial charge in [0.1, 0.15) is 5.82 Å².